The third kappa shape index (κ3) is 4.13. The van der Waals surface area contributed by atoms with Crippen LogP contribution in [-0.4, -0.2) is 39.4 Å². The largest absolute Gasteiger partial charge is 0.497 e. The lowest BCUT2D eigenvalue weighted by atomic mass is 10.1. The number of nitrogens with one attached hydrogen (secondary N) is 2. The number of aryl methyl sites for hydroxylation is 1. The van der Waals surface area contributed by atoms with Crippen molar-refractivity contribution in [1.82, 2.24) is 25.1 Å². The molecule has 8 nitrogen and oxygen atoms in total. The minimum atomic E-state index is -0.374. The quantitative estimate of drug-likeness (QED) is 0.367. The van der Waals surface area contributed by atoms with E-state index >= 15 is 0 Å². The lowest BCUT2D eigenvalue weighted by Crippen LogP contribution is -2.25. The van der Waals surface area contributed by atoms with Crippen LogP contribution in [0.1, 0.15) is 22.3 Å². The van der Waals surface area contributed by atoms with Crippen LogP contribution >= 0.6 is 0 Å². The van der Waals surface area contributed by atoms with Crippen LogP contribution < -0.4 is 15.6 Å². The Morgan fingerprint density at radius 2 is 1.85 bits per heavy atom. The Kier molecular flexibility index (Phi) is 5.78. The lowest BCUT2D eigenvalue weighted by Gasteiger charge is -2.07. The molecule has 0 spiro atoms. The van der Waals surface area contributed by atoms with Gasteiger partial charge in [0.1, 0.15) is 11.4 Å². The normalized spacial score (nSPS) is 11.1. The third-order valence-corrected chi connectivity index (χ3v) is 5.76. The van der Waals surface area contributed by atoms with Crippen LogP contribution in [0.4, 0.5) is 0 Å². The standard InChI is InChI=1S/C26H23N5O3/c1-34-20-12-9-18(10-13-20)23-24-28-26(33)21-14-11-19(16-22(21)31(24)30-29-23)25(32)27-15-5-8-17-6-3-2-4-7-17/h2-4,6-7,9-14,16,30H,5,8,15H2,1H3,(H,27,32). The molecule has 0 aliphatic rings. The zero-order valence-corrected chi connectivity index (χ0v) is 18.6. The van der Waals surface area contributed by atoms with Crippen LogP contribution in [0.15, 0.2) is 77.6 Å². The van der Waals surface area contributed by atoms with Crippen LogP contribution in [0.5, 0.6) is 5.75 Å². The van der Waals surface area contributed by atoms with Gasteiger partial charge >= 0.3 is 0 Å². The molecule has 0 atom stereocenters. The van der Waals surface area contributed by atoms with E-state index in [0.717, 1.165) is 24.2 Å². The summed E-state index contributed by atoms with van der Waals surface area (Å²) < 4.78 is 6.83. The van der Waals surface area contributed by atoms with Crippen LogP contribution in [0.25, 0.3) is 27.8 Å². The number of methoxy groups -OCH3 is 1. The number of rotatable bonds is 7. The highest BCUT2D eigenvalue weighted by molar-refractivity contribution is 5.98. The van der Waals surface area contributed by atoms with Gasteiger partial charge in [0.15, 0.2) is 5.65 Å². The summed E-state index contributed by atoms with van der Waals surface area (Å²) >= 11 is 0. The van der Waals surface area contributed by atoms with Crippen LogP contribution in [0, 0.1) is 0 Å². The van der Waals surface area contributed by atoms with Gasteiger partial charge < -0.3 is 10.1 Å². The van der Waals surface area contributed by atoms with Gasteiger partial charge in [0, 0.05) is 17.7 Å². The number of fused-ring (bicyclic) bond motifs is 3. The molecule has 170 valence electrons. The number of benzene rings is 3. The summed E-state index contributed by atoms with van der Waals surface area (Å²) in [6.45, 7) is 0.559. The predicted octanol–water partition coefficient (Wildman–Crippen LogP) is 3.61. The Morgan fingerprint density at radius 3 is 2.62 bits per heavy atom. The van der Waals surface area contributed by atoms with Crippen molar-refractivity contribution in [1.29, 1.82) is 0 Å². The number of ether oxygens (including phenoxy) is 1. The van der Waals surface area contributed by atoms with Crippen molar-refractivity contribution in [3.63, 3.8) is 0 Å². The van der Waals surface area contributed by atoms with Crippen molar-refractivity contribution in [2.24, 2.45) is 0 Å². The van der Waals surface area contributed by atoms with Crippen molar-refractivity contribution >= 4 is 22.5 Å². The summed E-state index contributed by atoms with van der Waals surface area (Å²) in [5.74, 6) is 0.529. The predicted molar refractivity (Wildman–Crippen MR) is 130 cm³/mol. The summed E-state index contributed by atoms with van der Waals surface area (Å²) in [6, 6.07) is 22.5. The smallest absolute Gasteiger partial charge is 0.281 e. The van der Waals surface area contributed by atoms with E-state index in [9.17, 15) is 9.59 Å². The maximum Gasteiger partial charge on any atom is 0.281 e. The van der Waals surface area contributed by atoms with Crippen molar-refractivity contribution in [3.8, 4) is 17.0 Å². The van der Waals surface area contributed by atoms with Gasteiger partial charge in [0.2, 0.25) is 0 Å². The molecule has 0 saturated heterocycles. The van der Waals surface area contributed by atoms with Crippen molar-refractivity contribution in [2.75, 3.05) is 13.7 Å². The van der Waals surface area contributed by atoms with Gasteiger partial charge in [-0.15, -0.1) is 0 Å². The first-order valence-electron chi connectivity index (χ1n) is 11.0. The van der Waals surface area contributed by atoms with Crippen molar-refractivity contribution in [2.45, 2.75) is 12.8 Å². The van der Waals surface area contributed by atoms with Gasteiger partial charge in [-0.25, -0.2) is 9.73 Å². The fourth-order valence-corrected chi connectivity index (χ4v) is 3.95. The van der Waals surface area contributed by atoms with E-state index in [2.05, 4.69) is 32.7 Å². The molecule has 0 unspecified atom stereocenters. The second-order valence-electron chi connectivity index (χ2n) is 7.94. The maximum absolute atomic E-state index is 12.8. The molecule has 5 rings (SSSR count). The maximum atomic E-state index is 12.8. The Balaban J connectivity index is 1.41. The monoisotopic (exact) mass is 453 g/mol. The molecular weight excluding hydrogens is 430 g/mol. The summed E-state index contributed by atoms with van der Waals surface area (Å²) in [7, 11) is 1.60. The van der Waals surface area contributed by atoms with E-state index in [4.69, 9.17) is 4.74 Å². The summed E-state index contributed by atoms with van der Waals surface area (Å²) in [5, 5.41) is 10.7. The first kappa shape index (κ1) is 21.4. The highest BCUT2D eigenvalue weighted by atomic mass is 16.5. The molecule has 0 fully saturated rings. The average Bonchev–Trinajstić information content (AvgIpc) is 3.31. The molecule has 8 heteroatoms. The first-order chi connectivity index (χ1) is 16.6. The number of H-pyrrole nitrogens is 1. The van der Waals surface area contributed by atoms with Crippen molar-refractivity contribution in [3.05, 3.63) is 94.3 Å². The van der Waals surface area contributed by atoms with Crippen LogP contribution in [0.2, 0.25) is 0 Å². The fourth-order valence-electron chi connectivity index (χ4n) is 3.95. The highest BCUT2D eigenvalue weighted by Crippen LogP contribution is 2.24. The van der Waals surface area contributed by atoms with E-state index in [1.807, 2.05) is 42.5 Å². The molecular formula is C26H23N5O3. The average molecular weight is 454 g/mol. The topological polar surface area (TPSA) is 101 Å². The van der Waals surface area contributed by atoms with E-state index in [1.54, 1.807) is 29.8 Å². The van der Waals surface area contributed by atoms with E-state index in [0.29, 0.717) is 34.4 Å². The molecule has 3 aromatic carbocycles. The van der Waals surface area contributed by atoms with E-state index < -0.39 is 0 Å². The Labute approximate surface area is 195 Å². The van der Waals surface area contributed by atoms with E-state index in [1.165, 1.54) is 5.56 Å². The van der Waals surface area contributed by atoms with Crippen LogP contribution in [0.3, 0.4) is 0 Å². The highest BCUT2D eigenvalue weighted by Gasteiger charge is 2.16. The van der Waals surface area contributed by atoms with E-state index in [-0.39, 0.29) is 11.5 Å². The number of nitrogens with zero attached hydrogens (tertiary/aromatic N) is 3. The Hall–Kier alpha value is -4.46. The third-order valence-electron chi connectivity index (χ3n) is 5.76. The molecule has 1 amide bonds. The zero-order chi connectivity index (χ0) is 23.5. The molecule has 34 heavy (non-hydrogen) atoms. The number of hydrogen-bond donors (Lipinski definition) is 2. The van der Waals surface area contributed by atoms with Gasteiger partial charge in [0.05, 0.1) is 18.0 Å². The number of hydrogen-bond acceptors (Lipinski definition) is 5. The Bertz CT molecular complexity index is 1520. The summed E-state index contributed by atoms with van der Waals surface area (Å²) in [5.41, 5.74) is 3.59. The molecule has 2 N–H and O–H groups in total. The number of aromatic amines is 1. The number of carbonyl (C=O) groups is 1. The summed E-state index contributed by atoms with van der Waals surface area (Å²) in [4.78, 5) is 29.7. The second kappa shape index (κ2) is 9.19. The fraction of sp³-hybridized carbons (Fsp3) is 0.154. The lowest BCUT2D eigenvalue weighted by molar-refractivity contribution is 0.0953. The van der Waals surface area contributed by atoms with Gasteiger partial charge in [-0.2, -0.15) is 10.1 Å². The van der Waals surface area contributed by atoms with Crippen LogP contribution in [-0.2, 0) is 6.42 Å². The molecule has 0 aliphatic heterocycles. The van der Waals surface area contributed by atoms with Gasteiger partial charge in [-0.05, 0) is 60.9 Å². The van der Waals surface area contributed by atoms with Gasteiger partial charge in [0.25, 0.3) is 11.5 Å². The molecule has 5 aromatic rings. The van der Waals surface area contributed by atoms with Crippen molar-refractivity contribution < 1.29 is 9.53 Å². The molecule has 2 aromatic heterocycles. The minimum absolute atomic E-state index is 0.192. The molecule has 0 bridgehead atoms. The van der Waals surface area contributed by atoms with Gasteiger partial charge in [-0.1, -0.05) is 30.3 Å². The first-order valence-corrected chi connectivity index (χ1v) is 11.0. The van der Waals surface area contributed by atoms with Gasteiger partial charge in [-0.3, -0.25) is 9.59 Å². The second-order valence-corrected chi connectivity index (χ2v) is 7.94. The Morgan fingerprint density at radius 1 is 1.06 bits per heavy atom. The minimum Gasteiger partial charge on any atom is -0.497 e. The molecule has 0 aliphatic carbocycles. The number of amides is 1. The SMILES string of the molecule is COc1ccc(-c2n[nH]n3c2nc(=O)c2ccc(C(=O)NCCCc4ccccc4)cc23)cc1. The number of carbonyl (C=O) groups excluding carboxylic acids is 1. The molecule has 2 heterocycles. The molecule has 0 radical (unpaired) electrons. The zero-order valence-electron chi connectivity index (χ0n) is 18.6. The summed E-state index contributed by atoms with van der Waals surface area (Å²) in [6.07, 6.45) is 1.73. The molecule has 0 saturated carbocycles. The number of aromatic nitrogens is 4.